The average Bonchev–Trinajstić information content (AvgIpc) is 2.98. The van der Waals surface area contributed by atoms with Crippen molar-refractivity contribution >= 4 is 11.9 Å². The molecule has 0 fully saturated rings. The molecule has 0 spiro atoms. The smallest absolute Gasteiger partial charge is 0.333 e. The second-order valence-corrected chi connectivity index (χ2v) is 4.14. The molecule has 0 aromatic heterocycles. The number of amides is 1. The Hall–Kier alpha value is -2.36. The first kappa shape index (κ1) is 13.1. The molecule has 19 heavy (non-hydrogen) atoms. The Morgan fingerprint density at radius 1 is 1.26 bits per heavy atom. The molecule has 1 aromatic carbocycles. The van der Waals surface area contributed by atoms with Crippen molar-refractivity contribution in [2.24, 2.45) is 0 Å². The Morgan fingerprint density at radius 3 is 2.58 bits per heavy atom. The maximum atomic E-state index is 12.1. The van der Waals surface area contributed by atoms with Crippen LogP contribution in [-0.2, 0) is 9.53 Å². The predicted octanol–water partition coefficient (Wildman–Crippen LogP) is 1.84. The summed E-state index contributed by atoms with van der Waals surface area (Å²) in [6, 6.07) is 8.02. The van der Waals surface area contributed by atoms with Crippen molar-refractivity contribution in [3.05, 3.63) is 59.7 Å². The summed E-state index contributed by atoms with van der Waals surface area (Å²) in [4.78, 5) is 23.8. The number of rotatable bonds is 4. The molecule has 1 aliphatic carbocycles. The number of carbonyl (C=O) groups is 2. The van der Waals surface area contributed by atoms with Crippen molar-refractivity contribution < 1.29 is 14.3 Å². The fourth-order valence-electron chi connectivity index (χ4n) is 1.89. The van der Waals surface area contributed by atoms with Crippen LogP contribution >= 0.6 is 0 Å². The Kier molecular flexibility index (Phi) is 4.13. The normalized spacial score (nSPS) is 14.7. The molecular formula is C15H15NO3. The first-order valence-electron chi connectivity index (χ1n) is 6.02. The first-order chi connectivity index (χ1) is 9.22. The summed E-state index contributed by atoms with van der Waals surface area (Å²) >= 11 is 0. The molecular weight excluding hydrogens is 242 g/mol. The highest BCUT2D eigenvalue weighted by Gasteiger charge is 2.25. The molecule has 4 nitrogen and oxygen atoms in total. The lowest BCUT2D eigenvalue weighted by molar-refractivity contribution is -0.141. The number of methoxy groups -OCH3 is 1. The molecule has 4 heteroatoms. The molecule has 1 N–H and O–H groups in total. The van der Waals surface area contributed by atoms with Crippen molar-refractivity contribution in [1.82, 2.24) is 5.32 Å². The Bertz CT molecular complexity index is 532. The van der Waals surface area contributed by atoms with E-state index < -0.39 is 12.0 Å². The van der Waals surface area contributed by atoms with Crippen LogP contribution in [0.15, 0.2) is 54.1 Å². The zero-order valence-corrected chi connectivity index (χ0v) is 10.6. The number of benzene rings is 1. The summed E-state index contributed by atoms with van der Waals surface area (Å²) in [5.41, 5.74) is 1.27. The Balaban J connectivity index is 2.15. The van der Waals surface area contributed by atoms with Crippen molar-refractivity contribution in [2.45, 2.75) is 12.5 Å². The van der Waals surface area contributed by atoms with Crippen LogP contribution in [0.25, 0.3) is 0 Å². The minimum absolute atomic E-state index is 0.294. The number of allylic oxidation sites excluding steroid dienone is 2. The standard InChI is InChI=1S/C15H15NO3/c1-19-15(18)13(11-7-5-6-8-11)16-14(17)12-9-3-2-4-10-12/h2-5,7-10,13H,6H2,1H3,(H,16,17). The molecule has 98 valence electrons. The molecule has 0 radical (unpaired) electrons. The quantitative estimate of drug-likeness (QED) is 0.837. The second kappa shape index (κ2) is 6.00. The first-order valence-corrected chi connectivity index (χ1v) is 6.02. The summed E-state index contributed by atoms with van der Waals surface area (Å²) < 4.78 is 4.73. The number of hydrogen-bond acceptors (Lipinski definition) is 3. The molecule has 1 aliphatic rings. The maximum Gasteiger partial charge on any atom is 0.333 e. The molecule has 2 rings (SSSR count). The molecule has 1 unspecified atom stereocenters. The zero-order chi connectivity index (χ0) is 13.7. The highest BCUT2D eigenvalue weighted by molar-refractivity contribution is 5.97. The van der Waals surface area contributed by atoms with E-state index >= 15 is 0 Å². The van der Waals surface area contributed by atoms with Gasteiger partial charge >= 0.3 is 5.97 Å². The summed E-state index contributed by atoms with van der Waals surface area (Å²) in [6.45, 7) is 0. The lowest BCUT2D eigenvalue weighted by Gasteiger charge is -2.16. The van der Waals surface area contributed by atoms with Gasteiger partial charge in [0, 0.05) is 5.56 Å². The molecule has 1 amide bonds. The lowest BCUT2D eigenvalue weighted by Crippen LogP contribution is -2.42. The molecule has 0 saturated carbocycles. The van der Waals surface area contributed by atoms with Crippen LogP contribution in [0.1, 0.15) is 16.8 Å². The lowest BCUT2D eigenvalue weighted by atomic mass is 10.1. The van der Waals surface area contributed by atoms with E-state index in [0.717, 1.165) is 12.0 Å². The summed E-state index contributed by atoms with van der Waals surface area (Å²) in [6.07, 6.45) is 6.42. The Labute approximate surface area is 111 Å². The predicted molar refractivity (Wildman–Crippen MR) is 71.6 cm³/mol. The number of carbonyl (C=O) groups excluding carboxylic acids is 2. The minimum atomic E-state index is -0.753. The summed E-state index contributed by atoms with van der Waals surface area (Å²) in [5, 5.41) is 2.69. The number of hydrogen-bond donors (Lipinski definition) is 1. The van der Waals surface area contributed by atoms with Crippen LogP contribution in [-0.4, -0.2) is 25.0 Å². The van der Waals surface area contributed by atoms with Crippen LogP contribution in [0.4, 0.5) is 0 Å². The fourth-order valence-corrected chi connectivity index (χ4v) is 1.89. The molecule has 0 bridgehead atoms. The third-order valence-electron chi connectivity index (χ3n) is 2.88. The third-order valence-corrected chi connectivity index (χ3v) is 2.88. The fraction of sp³-hybridized carbons (Fsp3) is 0.200. The average molecular weight is 257 g/mol. The molecule has 1 atom stereocenters. The van der Waals surface area contributed by atoms with E-state index in [-0.39, 0.29) is 5.91 Å². The van der Waals surface area contributed by atoms with Crippen LogP contribution in [0, 0.1) is 0 Å². The topological polar surface area (TPSA) is 55.4 Å². The second-order valence-electron chi connectivity index (χ2n) is 4.14. The van der Waals surface area contributed by atoms with E-state index in [0.29, 0.717) is 5.56 Å². The van der Waals surface area contributed by atoms with E-state index in [2.05, 4.69) is 5.32 Å². The van der Waals surface area contributed by atoms with Gasteiger partial charge in [0.25, 0.3) is 5.91 Å². The zero-order valence-electron chi connectivity index (χ0n) is 10.6. The van der Waals surface area contributed by atoms with Gasteiger partial charge in [0.15, 0.2) is 6.04 Å². The van der Waals surface area contributed by atoms with Gasteiger partial charge in [-0.15, -0.1) is 0 Å². The van der Waals surface area contributed by atoms with E-state index in [4.69, 9.17) is 4.74 Å². The van der Waals surface area contributed by atoms with E-state index in [1.165, 1.54) is 7.11 Å². The van der Waals surface area contributed by atoms with Crippen LogP contribution < -0.4 is 5.32 Å². The van der Waals surface area contributed by atoms with Gasteiger partial charge in [-0.1, -0.05) is 36.4 Å². The van der Waals surface area contributed by atoms with Crippen molar-refractivity contribution in [1.29, 1.82) is 0 Å². The largest absolute Gasteiger partial charge is 0.467 e. The molecule has 0 aliphatic heterocycles. The molecule has 0 saturated heterocycles. The van der Waals surface area contributed by atoms with Gasteiger partial charge in [0.2, 0.25) is 0 Å². The molecule has 0 heterocycles. The van der Waals surface area contributed by atoms with Crippen molar-refractivity contribution in [3.8, 4) is 0 Å². The van der Waals surface area contributed by atoms with Crippen molar-refractivity contribution in [3.63, 3.8) is 0 Å². The van der Waals surface area contributed by atoms with Crippen LogP contribution in [0.5, 0.6) is 0 Å². The van der Waals surface area contributed by atoms with Crippen LogP contribution in [0.3, 0.4) is 0 Å². The van der Waals surface area contributed by atoms with Crippen LogP contribution in [0.2, 0.25) is 0 Å². The Morgan fingerprint density at radius 2 is 2.00 bits per heavy atom. The SMILES string of the molecule is COC(=O)C(NC(=O)c1ccccc1)C1=CCC=C1. The van der Waals surface area contributed by atoms with Gasteiger partial charge in [-0.3, -0.25) is 4.79 Å². The number of ether oxygens (including phenoxy) is 1. The monoisotopic (exact) mass is 257 g/mol. The van der Waals surface area contributed by atoms with Gasteiger partial charge in [-0.25, -0.2) is 4.79 Å². The van der Waals surface area contributed by atoms with Gasteiger partial charge in [0.1, 0.15) is 0 Å². The maximum absolute atomic E-state index is 12.1. The van der Waals surface area contributed by atoms with E-state index in [1.807, 2.05) is 24.3 Å². The van der Waals surface area contributed by atoms with E-state index in [9.17, 15) is 9.59 Å². The van der Waals surface area contributed by atoms with Gasteiger partial charge < -0.3 is 10.1 Å². The summed E-state index contributed by atoms with van der Waals surface area (Å²) in [7, 11) is 1.31. The van der Waals surface area contributed by atoms with Gasteiger partial charge in [-0.2, -0.15) is 0 Å². The third kappa shape index (κ3) is 3.10. The highest BCUT2D eigenvalue weighted by atomic mass is 16.5. The summed E-state index contributed by atoms with van der Waals surface area (Å²) in [5.74, 6) is -0.765. The minimum Gasteiger partial charge on any atom is -0.467 e. The number of nitrogens with one attached hydrogen (secondary N) is 1. The van der Waals surface area contributed by atoms with Crippen molar-refractivity contribution in [2.75, 3.05) is 7.11 Å². The van der Waals surface area contributed by atoms with E-state index in [1.54, 1.807) is 24.3 Å². The van der Waals surface area contributed by atoms with Gasteiger partial charge in [-0.05, 0) is 24.1 Å². The van der Waals surface area contributed by atoms with Gasteiger partial charge in [0.05, 0.1) is 7.11 Å². The number of esters is 1. The molecule has 1 aromatic rings. The highest BCUT2D eigenvalue weighted by Crippen LogP contribution is 2.15.